The zero-order chi connectivity index (χ0) is 8.39. The van der Waals surface area contributed by atoms with E-state index in [-0.39, 0.29) is 6.61 Å². The summed E-state index contributed by atoms with van der Waals surface area (Å²) in [6.07, 6.45) is 0. The van der Waals surface area contributed by atoms with E-state index in [1.807, 2.05) is 22.9 Å². The third-order valence-corrected chi connectivity index (χ3v) is 3.19. The van der Waals surface area contributed by atoms with Crippen molar-refractivity contribution in [1.29, 1.82) is 0 Å². The van der Waals surface area contributed by atoms with E-state index in [2.05, 4.69) is 4.98 Å². The Balaban J connectivity index is 2.35. The highest BCUT2D eigenvalue weighted by molar-refractivity contribution is 7.14. The normalized spacial score (nSPS) is 10.4. The molecule has 0 atom stereocenters. The summed E-state index contributed by atoms with van der Waals surface area (Å²) in [4.78, 5) is 5.41. The molecule has 0 aromatic carbocycles. The van der Waals surface area contributed by atoms with Gasteiger partial charge in [0.15, 0.2) is 0 Å². The molecule has 0 fully saturated rings. The first-order valence-electron chi connectivity index (χ1n) is 3.49. The lowest BCUT2D eigenvalue weighted by atomic mass is 10.4. The van der Waals surface area contributed by atoms with Crippen LogP contribution in [0.5, 0.6) is 0 Å². The van der Waals surface area contributed by atoms with E-state index in [0.29, 0.717) is 0 Å². The zero-order valence-corrected chi connectivity index (χ0v) is 7.86. The fourth-order valence-electron chi connectivity index (χ4n) is 0.921. The lowest BCUT2D eigenvalue weighted by molar-refractivity contribution is 0.281. The summed E-state index contributed by atoms with van der Waals surface area (Å²) in [5.41, 5.74) is 0.971. The Labute approximate surface area is 78.1 Å². The molecule has 2 aromatic heterocycles. The van der Waals surface area contributed by atoms with Gasteiger partial charge in [-0.05, 0) is 11.4 Å². The Morgan fingerprint density at radius 3 is 2.92 bits per heavy atom. The molecule has 0 saturated carbocycles. The molecule has 4 heteroatoms. The molecule has 0 spiro atoms. The van der Waals surface area contributed by atoms with Crippen LogP contribution in [0.15, 0.2) is 22.9 Å². The average Bonchev–Trinajstić information content (AvgIpc) is 2.75. The molecular weight excluding hydrogens is 190 g/mol. The average molecular weight is 197 g/mol. The molecule has 2 heterocycles. The second kappa shape index (κ2) is 3.35. The lowest BCUT2D eigenvalue weighted by Crippen LogP contribution is -1.79. The number of aromatic nitrogens is 1. The molecule has 2 rings (SSSR count). The van der Waals surface area contributed by atoms with Crippen molar-refractivity contribution in [2.75, 3.05) is 0 Å². The second-order valence-electron chi connectivity index (χ2n) is 2.26. The number of hydrogen-bond acceptors (Lipinski definition) is 4. The van der Waals surface area contributed by atoms with Crippen LogP contribution in [0.3, 0.4) is 0 Å². The van der Waals surface area contributed by atoms with Crippen LogP contribution in [0.25, 0.3) is 10.6 Å². The van der Waals surface area contributed by atoms with Gasteiger partial charge in [0, 0.05) is 5.38 Å². The highest BCUT2D eigenvalue weighted by Gasteiger charge is 2.03. The maximum Gasteiger partial charge on any atom is 0.119 e. The number of aliphatic hydroxyl groups excluding tert-OH is 1. The van der Waals surface area contributed by atoms with E-state index in [9.17, 15) is 0 Å². The van der Waals surface area contributed by atoms with Gasteiger partial charge in [-0.15, -0.1) is 22.7 Å². The van der Waals surface area contributed by atoms with E-state index in [1.54, 1.807) is 11.3 Å². The van der Waals surface area contributed by atoms with Crippen molar-refractivity contribution in [3.05, 3.63) is 27.9 Å². The Bertz CT molecular complexity index is 353. The van der Waals surface area contributed by atoms with Crippen LogP contribution >= 0.6 is 22.7 Å². The van der Waals surface area contributed by atoms with Crippen molar-refractivity contribution in [2.45, 2.75) is 6.61 Å². The highest BCUT2D eigenvalue weighted by Crippen LogP contribution is 2.25. The van der Waals surface area contributed by atoms with Crippen LogP contribution in [0.1, 0.15) is 5.01 Å². The summed E-state index contributed by atoms with van der Waals surface area (Å²) >= 11 is 3.16. The fourth-order valence-corrected chi connectivity index (χ4v) is 2.33. The van der Waals surface area contributed by atoms with Crippen molar-refractivity contribution >= 4 is 22.7 Å². The molecular formula is C8H7NOS2. The highest BCUT2D eigenvalue weighted by atomic mass is 32.1. The molecule has 62 valence electrons. The molecule has 0 bridgehead atoms. The summed E-state index contributed by atoms with van der Waals surface area (Å²) < 4.78 is 0. The fraction of sp³-hybridized carbons (Fsp3) is 0.125. The molecule has 0 unspecified atom stereocenters. The number of aliphatic hydroxyl groups is 1. The summed E-state index contributed by atoms with van der Waals surface area (Å²) in [6, 6.07) is 4.03. The lowest BCUT2D eigenvalue weighted by Gasteiger charge is -1.86. The van der Waals surface area contributed by atoms with Crippen molar-refractivity contribution < 1.29 is 5.11 Å². The minimum absolute atomic E-state index is 0.0377. The topological polar surface area (TPSA) is 33.1 Å². The van der Waals surface area contributed by atoms with Crippen molar-refractivity contribution in [3.8, 4) is 10.6 Å². The van der Waals surface area contributed by atoms with Crippen LogP contribution in [-0.4, -0.2) is 10.1 Å². The Morgan fingerprint density at radius 1 is 1.42 bits per heavy atom. The molecule has 0 radical (unpaired) electrons. The number of rotatable bonds is 2. The van der Waals surface area contributed by atoms with E-state index >= 15 is 0 Å². The smallest absolute Gasteiger partial charge is 0.119 e. The molecule has 1 N–H and O–H groups in total. The van der Waals surface area contributed by atoms with Crippen molar-refractivity contribution in [3.63, 3.8) is 0 Å². The second-order valence-corrected chi connectivity index (χ2v) is 4.15. The molecule has 0 aliphatic carbocycles. The quantitative estimate of drug-likeness (QED) is 0.801. The SMILES string of the molecule is OCc1nc(-c2cccs2)cs1. The van der Waals surface area contributed by atoms with Crippen LogP contribution in [0.2, 0.25) is 0 Å². The van der Waals surface area contributed by atoms with Gasteiger partial charge in [0.25, 0.3) is 0 Å². The summed E-state index contributed by atoms with van der Waals surface area (Å²) in [5.74, 6) is 0. The van der Waals surface area contributed by atoms with Crippen LogP contribution in [0, 0.1) is 0 Å². The predicted molar refractivity (Wildman–Crippen MR) is 51.3 cm³/mol. The van der Waals surface area contributed by atoms with Gasteiger partial charge in [0.1, 0.15) is 5.01 Å². The first kappa shape index (κ1) is 7.91. The zero-order valence-electron chi connectivity index (χ0n) is 6.23. The van der Waals surface area contributed by atoms with Crippen LogP contribution < -0.4 is 0 Å². The predicted octanol–water partition coefficient (Wildman–Crippen LogP) is 2.36. The summed E-state index contributed by atoms with van der Waals surface area (Å²) in [7, 11) is 0. The maximum atomic E-state index is 8.80. The minimum Gasteiger partial charge on any atom is -0.389 e. The van der Waals surface area contributed by atoms with Gasteiger partial charge in [0.05, 0.1) is 17.2 Å². The third kappa shape index (κ3) is 1.41. The van der Waals surface area contributed by atoms with Crippen LogP contribution in [-0.2, 0) is 6.61 Å². The first-order chi connectivity index (χ1) is 5.90. The molecule has 0 saturated heterocycles. The number of thiophene rings is 1. The van der Waals surface area contributed by atoms with Gasteiger partial charge in [-0.25, -0.2) is 4.98 Å². The maximum absolute atomic E-state index is 8.80. The first-order valence-corrected chi connectivity index (χ1v) is 5.25. The molecule has 0 aliphatic heterocycles. The largest absolute Gasteiger partial charge is 0.389 e. The van der Waals surface area contributed by atoms with E-state index in [4.69, 9.17) is 5.11 Å². The number of thiazole rings is 1. The van der Waals surface area contributed by atoms with E-state index < -0.39 is 0 Å². The molecule has 12 heavy (non-hydrogen) atoms. The Kier molecular flexibility index (Phi) is 2.21. The third-order valence-electron chi connectivity index (χ3n) is 1.46. The van der Waals surface area contributed by atoms with Gasteiger partial charge >= 0.3 is 0 Å². The van der Waals surface area contributed by atoms with Gasteiger partial charge in [0.2, 0.25) is 0 Å². The van der Waals surface area contributed by atoms with Gasteiger partial charge in [-0.1, -0.05) is 6.07 Å². The van der Waals surface area contributed by atoms with E-state index in [0.717, 1.165) is 15.6 Å². The van der Waals surface area contributed by atoms with Gasteiger partial charge in [-0.2, -0.15) is 0 Å². The Morgan fingerprint density at radius 2 is 2.33 bits per heavy atom. The molecule has 0 amide bonds. The molecule has 2 aromatic rings. The van der Waals surface area contributed by atoms with Gasteiger partial charge < -0.3 is 5.11 Å². The molecule has 0 aliphatic rings. The molecule has 2 nitrogen and oxygen atoms in total. The van der Waals surface area contributed by atoms with E-state index in [1.165, 1.54) is 11.3 Å². The van der Waals surface area contributed by atoms with Gasteiger partial charge in [-0.3, -0.25) is 0 Å². The van der Waals surface area contributed by atoms with Crippen molar-refractivity contribution in [1.82, 2.24) is 4.98 Å². The van der Waals surface area contributed by atoms with Crippen molar-refractivity contribution in [2.24, 2.45) is 0 Å². The summed E-state index contributed by atoms with van der Waals surface area (Å²) in [5, 5.41) is 13.6. The monoisotopic (exact) mass is 197 g/mol. The number of nitrogens with zero attached hydrogens (tertiary/aromatic N) is 1. The minimum atomic E-state index is 0.0377. The summed E-state index contributed by atoms with van der Waals surface area (Å²) in [6.45, 7) is 0.0377. The van der Waals surface area contributed by atoms with Crippen LogP contribution in [0.4, 0.5) is 0 Å². The number of hydrogen-bond donors (Lipinski definition) is 1. The standard InChI is InChI=1S/C8H7NOS2/c10-4-8-9-6(5-12-8)7-2-1-3-11-7/h1-3,5,10H,4H2. The Hall–Kier alpha value is -0.710.